The molecule has 3 aromatic carbocycles. The van der Waals surface area contributed by atoms with Gasteiger partial charge >= 0.3 is 5.97 Å². The van der Waals surface area contributed by atoms with Crippen LogP contribution < -0.4 is 5.73 Å². The average molecular weight is 287 g/mol. The molecule has 22 heavy (non-hydrogen) atoms. The van der Waals surface area contributed by atoms with Crippen LogP contribution in [0.1, 0.15) is 21.5 Å². The molecule has 2 N–H and O–H groups in total. The van der Waals surface area contributed by atoms with Gasteiger partial charge in [0.25, 0.3) is 0 Å². The zero-order chi connectivity index (χ0) is 15.1. The van der Waals surface area contributed by atoms with Crippen molar-refractivity contribution in [1.29, 1.82) is 0 Å². The maximum Gasteiger partial charge on any atom is 0.344 e. The lowest BCUT2D eigenvalue weighted by Gasteiger charge is -2.06. The molecule has 1 aliphatic rings. The van der Waals surface area contributed by atoms with Crippen LogP contribution >= 0.6 is 0 Å². The van der Waals surface area contributed by atoms with Gasteiger partial charge in [-0.1, -0.05) is 48.5 Å². The van der Waals surface area contributed by atoms with Gasteiger partial charge in [-0.05, 0) is 29.2 Å². The van der Waals surface area contributed by atoms with E-state index in [1.807, 2.05) is 60.7 Å². The molecule has 0 fully saturated rings. The lowest BCUT2D eigenvalue weighted by molar-refractivity contribution is 0.0717. The van der Waals surface area contributed by atoms with Crippen LogP contribution in [0.25, 0.3) is 22.6 Å². The van der Waals surface area contributed by atoms with E-state index in [2.05, 4.69) is 0 Å². The number of ether oxygens (including phenoxy) is 1. The SMILES string of the molecule is Nc1ccc(/C=C2\OC(=O)c3ccccc32)c2ccccc12. The molecule has 0 unspecified atom stereocenters. The molecule has 0 aliphatic carbocycles. The lowest BCUT2D eigenvalue weighted by Crippen LogP contribution is -1.92. The fourth-order valence-corrected chi connectivity index (χ4v) is 2.81. The van der Waals surface area contributed by atoms with Gasteiger partial charge < -0.3 is 10.5 Å². The largest absolute Gasteiger partial charge is 0.422 e. The summed E-state index contributed by atoms with van der Waals surface area (Å²) >= 11 is 0. The van der Waals surface area contributed by atoms with Gasteiger partial charge in [0.2, 0.25) is 0 Å². The number of benzene rings is 3. The molecule has 0 saturated heterocycles. The second-order valence-corrected chi connectivity index (χ2v) is 5.23. The molecule has 0 amide bonds. The molecule has 0 bridgehead atoms. The molecule has 0 spiro atoms. The first kappa shape index (κ1) is 12.7. The summed E-state index contributed by atoms with van der Waals surface area (Å²) in [6.07, 6.45) is 1.89. The number of carbonyl (C=O) groups is 1. The number of nitrogens with two attached hydrogens (primary N) is 1. The van der Waals surface area contributed by atoms with E-state index in [9.17, 15) is 4.79 Å². The molecule has 0 radical (unpaired) electrons. The Morgan fingerprint density at radius 1 is 0.818 bits per heavy atom. The summed E-state index contributed by atoms with van der Waals surface area (Å²) in [5.74, 6) is 0.275. The Morgan fingerprint density at radius 2 is 1.50 bits per heavy atom. The van der Waals surface area contributed by atoms with Gasteiger partial charge in [-0.15, -0.1) is 0 Å². The zero-order valence-corrected chi connectivity index (χ0v) is 11.7. The van der Waals surface area contributed by atoms with Crippen molar-refractivity contribution in [3.05, 3.63) is 77.4 Å². The Morgan fingerprint density at radius 3 is 2.32 bits per heavy atom. The van der Waals surface area contributed by atoms with E-state index in [0.29, 0.717) is 11.3 Å². The minimum atomic E-state index is -0.304. The molecule has 3 heteroatoms. The van der Waals surface area contributed by atoms with E-state index in [1.54, 1.807) is 6.07 Å². The average Bonchev–Trinajstić information content (AvgIpc) is 2.87. The molecule has 0 saturated carbocycles. The van der Waals surface area contributed by atoms with Gasteiger partial charge in [-0.3, -0.25) is 0 Å². The highest BCUT2D eigenvalue weighted by Crippen LogP contribution is 2.33. The maximum absolute atomic E-state index is 11.9. The number of esters is 1. The van der Waals surface area contributed by atoms with Crippen LogP contribution in [-0.4, -0.2) is 5.97 Å². The first-order valence-corrected chi connectivity index (χ1v) is 7.04. The number of anilines is 1. The fourth-order valence-electron chi connectivity index (χ4n) is 2.81. The fraction of sp³-hybridized carbons (Fsp3) is 0. The van der Waals surface area contributed by atoms with Gasteiger partial charge in [0.05, 0.1) is 5.56 Å². The number of nitrogen functional groups attached to an aromatic ring is 1. The monoisotopic (exact) mass is 287 g/mol. The summed E-state index contributed by atoms with van der Waals surface area (Å²) in [7, 11) is 0. The summed E-state index contributed by atoms with van der Waals surface area (Å²) in [5.41, 5.74) is 9.17. The minimum absolute atomic E-state index is 0.304. The molecule has 0 aromatic heterocycles. The minimum Gasteiger partial charge on any atom is -0.422 e. The second-order valence-electron chi connectivity index (χ2n) is 5.23. The van der Waals surface area contributed by atoms with Crippen LogP contribution in [0.15, 0.2) is 60.7 Å². The predicted molar refractivity (Wildman–Crippen MR) is 88.1 cm³/mol. The smallest absolute Gasteiger partial charge is 0.344 e. The summed E-state index contributed by atoms with van der Waals surface area (Å²) in [6, 6.07) is 19.2. The summed E-state index contributed by atoms with van der Waals surface area (Å²) in [6.45, 7) is 0. The maximum atomic E-state index is 11.9. The highest BCUT2D eigenvalue weighted by molar-refractivity contribution is 6.07. The first-order chi connectivity index (χ1) is 10.7. The third-order valence-corrected chi connectivity index (χ3v) is 3.89. The van der Waals surface area contributed by atoms with Crippen molar-refractivity contribution < 1.29 is 9.53 Å². The third-order valence-electron chi connectivity index (χ3n) is 3.89. The highest BCUT2D eigenvalue weighted by Gasteiger charge is 2.25. The molecular formula is C19H13NO2. The molecule has 3 aromatic rings. The van der Waals surface area contributed by atoms with E-state index in [-0.39, 0.29) is 5.97 Å². The number of rotatable bonds is 1. The molecule has 4 rings (SSSR count). The van der Waals surface area contributed by atoms with Gasteiger partial charge in [0, 0.05) is 16.6 Å². The zero-order valence-electron chi connectivity index (χ0n) is 11.7. The highest BCUT2D eigenvalue weighted by atomic mass is 16.5. The Balaban J connectivity index is 1.92. The van der Waals surface area contributed by atoms with Crippen LogP contribution in [-0.2, 0) is 4.74 Å². The summed E-state index contributed by atoms with van der Waals surface area (Å²) < 4.78 is 5.41. The summed E-state index contributed by atoms with van der Waals surface area (Å²) in [4.78, 5) is 11.9. The molecular weight excluding hydrogens is 274 g/mol. The van der Waals surface area contributed by atoms with Crippen LogP contribution in [0.3, 0.4) is 0 Å². The van der Waals surface area contributed by atoms with E-state index in [0.717, 1.165) is 27.6 Å². The Labute approximate surface area is 127 Å². The number of carbonyl (C=O) groups excluding carboxylic acids is 1. The van der Waals surface area contributed by atoms with E-state index < -0.39 is 0 Å². The Hall–Kier alpha value is -3.07. The van der Waals surface area contributed by atoms with Crippen LogP contribution in [0.4, 0.5) is 5.69 Å². The van der Waals surface area contributed by atoms with Gasteiger partial charge in [-0.2, -0.15) is 0 Å². The van der Waals surface area contributed by atoms with Crippen molar-refractivity contribution in [3.63, 3.8) is 0 Å². The van der Waals surface area contributed by atoms with Crippen molar-refractivity contribution in [2.45, 2.75) is 0 Å². The van der Waals surface area contributed by atoms with Crippen molar-refractivity contribution in [1.82, 2.24) is 0 Å². The number of hydrogen-bond donors (Lipinski definition) is 1. The Kier molecular flexibility index (Phi) is 2.73. The number of fused-ring (bicyclic) bond motifs is 2. The van der Waals surface area contributed by atoms with Crippen LogP contribution in [0.2, 0.25) is 0 Å². The van der Waals surface area contributed by atoms with E-state index in [1.165, 1.54) is 0 Å². The molecule has 106 valence electrons. The van der Waals surface area contributed by atoms with Crippen molar-refractivity contribution in [3.8, 4) is 0 Å². The molecule has 1 aliphatic heterocycles. The van der Waals surface area contributed by atoms with Crippen LogP contribution in [0, 0.1) is 0 Å². The molecule has 1 heterocycles. The van der Waals surface area contributed by atoms with Crippen molar-refractivity contribution in [2.24, 2.45) is 0 Å². The van der Waals surface area contributed by atoms with Gasteiger partial charge in [0.15, 0.2) is 0 Å². The Bertz CT molecular complexity index is 941. The third kappa shape index (κ3) is 1.87. The normalized spacial score (nSPS) is 15.1. The molecule has 0 atom stereocenters. The van der Waals surface area contributed by atoms with E-state index >= 15 is 0 Å². The first-order valence-electron chi connectivity index (χ1n) is 7.04. The predicted octanol–water partition coefficient (Wildman–Crippen LogP) is 4.09. The number of cyclic esters (lactones) is 1. The topological polar surface area (TPSA) is 52.3 Å². The number of hydrogen-bond acceptors (Lipinski definition) is 3. The quantitative estimate of drug-likeness (QED) is 0.541. The van der Waals surface area contributed by atoms with Gasteiger partial charge in [-0.25, -0.2) is 4.79 Å². The molecule has 3 nitrogen and oxygen atoms in total. The lowest BCUT2D eigenvalue weighted by atomic mass is 10.0. The van der Waals surface area contributed by atoms with E-state index in [4.69, 9.17) is 10.5 Å². The summed E-state index contributed by atoms with van der Waals surface area (Å²) in [5, 5.41) is 2.03. The van der Waals surface area contributed by atoms with Crippen molar-refractivity contribution >= 4 is 34.3 Å². The second kappa shape index (κ2) is 4.74. The van der Waals surface area contributed by atoms with Crippen molar-refractivity contribution in [2.75, 3.05) is 5.73 Å². The van der Waals surface area contributed by atoms with Crippen LogP contribution in [0.5, 0.6) is 0 Å². The van der Waals surface area contributed by atoms with Gasteiger partial charge in [0.1, 0.15) is 5.76 Å². The standard InChI is InChI=1S/C19H13NO2/c20-17-10-9-12(13-5-1-2-6-14(13)17)11-18-15-7-3-4-8-16(15)19(21)22-18/h1-11H,20H2/b18-11-.